The number of anilines is 1. The molecule has 1 atom stereocenters. The van der Waals surface area contributed by atoms with Crippen LogP contribution in [0.5, 0.6) is 0 Å². The minimum Gasteiger partial charge on any atom is -0.354 e. The van der Waals surface area contributed by atoms with Crippen molar-refractivity contribution in [2.75, 3.05) is 18.0 Å². The van der Waals surface area contributed by atoms with Gasteiger partial charge < -0.3 is 10.2 Å². The van der Waals surface area contributed by atoms with Crippen molar-refractivity contribution in [3.63, 3.8) is 0 Å². The molecule has 1 aliphatic rings. The van der Waals surface area contributed by atoms with Crippen LogP contribution in [0.15, 0.2) is 30.6 Å². The van der Waals surface area contributed by atoms with Gasteiger partial charge in [-0.05, 0) is 66.8 Å². The van der Waals surface area contributed by atoms with Gasteiger partial charge in [-0.1, -0.05) is 32.9 Å². The second-order valence-corrected chi connectivity index (χ2v) is 8.78. The number of carbonyl (C=O) groups is 1. The van der Waals surface area contributed by atoms with Crippen molar-refractivity contribution in [1.29, 1.82) is 0 Å². The highest BCUT2D eigenvalue weighted by Crippen LogP contribution is 2.27. The van der Waals surface area contributed by atoms with E-state index in [0.717, 1.165) is 25.8 Å². The molecule has 150 valence electrons. The second kappa shape index (κ2) is 8.29. The van der Waals surface area contributed by atoms with Gasteiger partial charge in [-0.3, -0.25) is 4.79 Å². The Morgan fingerprint density at radius 1 is 1.18 bits per heavy atom. The third-order valence-electron chi connectivity index (χ3n) is 5.60. The van der Waals surface area contributed by atoms with Crippen LogP contribution < -0.4 is 10.2 Å². The maximum atomic E-state index is 12.8. The smallest absolute Gasteiger partial charge is 0.242 e. The van der Waals surface area contributed by atoms with Crippen LogP contribution in [-0.4, -0.2) is 35.0 Å². The zero-order valence-corrected chi connectivity index (χ0v) is 17.7. The molecule has 0 bridgehead atoms. The van der Waals surface area contributed by atoms with Crippen LogP contribution >= 0.6 is 0 Å². The summed E-state index contributed by atoms with van der Waals surface area (Å²) in [6.45, 7) is 12.5. The van der Waals surface area contributed by atoms with Crippen molar-refractivity contribution in [1.82, 2.24) is 15.3 Å². The highest BCUT2D eigenvalue weighted by molar-refractivity contribution is 5.85. The van der Waals surface area contributed by atoms with E-state index in [9.17, 15) is 4.79 Å². The molecule has 0 radical (unpaired) electrons. The Kier molecular flexibility index (Phi) is 6.01. The first kappa shape index (κ1) is 20.3. The van der Waals surface area contributed by atoms with Gasteiger partial charge in [0.1, 0.15) is 6.04 Å². The first-order valence-corrected chi connectivity index (χ1v) is 10.2. The summed E-state index contributed by atoms with van der Waals surface area (Å²) >= 11 is 0. The molecular weight excluding hydrogens is 348 g/mol. The predicted octanol–water partition coefficient (Wildman–Crippen LogP) is 3.72. The fraction of sp³-hybridized carbons (Fsp3) is 0.522. The van der Waals surface area contributed by atoms with Crippen LogP contribution in [0.2, 0.25) is 0 Å². The number of hydrogen-bond acceptors (Lipinski definition) is 4. The molecule has 0 aliphatic carbocycles. The standard InChI is InChI=1S/C23H32N4O/c1-16-14-18(23(3,4)5)15-17(2)19(16)9-12-24-21(28)20-8-6-13-27(20)22-25-10-7-11-26-22/h7,10-11,14-15,20H,6,8-9,12-13H2,1-5H3,(H,24,28). The van der Waals surface area contributed by atoms with E-state index in [1.165, 1.54) is 22.3 Å². The number of benzene rings is 1. The van der Waals surface area contributed by atoms with Crippen LogP contribution in [-0.2, 0) is 16.6 Å². The van der Waals surface area contributed by atoms with Gasteiger partial charge in [-0.15, -0.1) is 0 Å². The lowest BCUT2D eigenvalue weighted by Crippen LogP contribution is -2.44. The largest absolute Gasteiger partial charge is 0.354 e. The van der Waals surface area contributed by atoms with Crippen molar-refractivity contribution in [3.05, 3.63) is 52.8 Å². The van der Waals surface area contributed by atoms with Gasteiger partial charge in [0.15, 0.2) is 0 Å². The highest BCUT2D eigenvalue weighted by atomic mass is 16.2. The molecule has 28 heavy (non-hydrogen) atoms. The van der Waals surface area contributed by atoms with E-state index in [1.54, 1.807) is 18.5 Å². The summed E-state index contributed by atoms with van der Waals surface area (Å²) in [4.78, 5) is 23.4. The van der Waals surface area contributed by atoms with Gasteiger partial charge in [-0.25, -0.2) is 9.97 Å². The highest BCUT2D eigenvalue weighted by Gasteiger charge is 2.32. The summed E-state index contributed by atoms with van der Waals surface area (Å²) in [6.07, 6.45) is 6.14. The Balaban J connectivity index is 1.61. The number of aromatic nitrogens is 2. The molecule has 1 aromatic carbocycles. The molecule has 1 aliphatic heterocycles. The summed E-state index contributed by atoms with van der Waals surface area (Å²) in [5.41, 5.74) is 5.45. The van der Waals surface area contributed by atoms with E-state index in [-0.39, 0.29) is 17.4 Å². The molecule has 2 heterocycles. The monoisotopic (exact) mass is 380 g/mol. The lowest BCUT2D eigenvalue weighted by atomic mass is 9.83. The average molecular weight is 381 g/mol. The molecule has 1 amide bonds. The number of rotatable bonds is 5. The Hall–Kier alpha value is -2.43. The second-order valence-electron chi connectivity index (χ2n) is 8.78. The van der Waals surface area contributed by atoms with E-state index in [1.807, 2.05) is 4.90 Å². The Morgan fingerprint density at radius 3 is 2.43 bits per heavy atom. The van der Waals surface area contributed by atoms with Crippen molar-refractivity contribution in [2.45, 2.75) is 65.3 Å². The van der Waals surface area contributed by atoms with Crippen LogP contribution in [0.1, 0.15) is 55.9 Å². The van der Waals surface area contributed by atoms with Crippen molar-refractivity contribution < 1.29 is 4.79 Å². The van der Waals surface area contributed by atoms with E-state index in [4.69, 9.17) is 0 Å². The number of aryl methyl sites for hydroxylation is 2. The van der Waals surface area contributed by atoms with Crippen molar-refractivity contribution in [3.8, 4) is 0 Å². The molecule has 1 fully saturated rings. The first-order chi connectivity index (χ1) is 13.3. The van der Waals surface area contributed by atoms with E-state index >= 15 is 0 Å². The molecule has 0 spiro atoms. The molecule has 5 nitrogen and oxygen atoms in total. The third-order valence-corrected chi connectivity index (χ3v) is 5.60. The fourth-order valence-electron chi connectivity index (χ4n) is 3.97. The minimum absolute atomic E-state index is 0.0755. The quantitative estimate of drug-likeness (QED) is 0.859. The van der Waals surface area contributed by atoms with E-state index < -0.39 is 0 Å². The Labute approximate surface area is 168 Å². The molecular formula is C23H32N4O. The molecule has 1 aromatic heterocycles. The molecule has 1 saturated heterocycles. The van der Waals surface area contributed by atoms with Crippen LogP contribution in [0, 0.1) is 13.8 Å². The summed E-state index contributed by atoms with van der Waals surface area (Å²) in [5, 5.41) is 3.14. The Morgan fingerprint density at radius 2 is 1.82 bits per heavy atom. The van der Waals surface area contributed by atoms with Gasteiger partial charge in [0.05, 0.1) is 0 Å². The maximum absolute atomic E-state index is 12.8. The van der Waals surface area contributed by atoms with Crippen molar-refractivity contribution in [2.24, 2.45) is 0 Å². The SMILES string of the molecule is Cc1cc(C(C)(C)C)cc(C)c1CCNC(=O)C1CCCN1c1ncccn1. The maximum Gasteiger partial charge on any atom is 0.242 e. The number of nitrogens with zero attached hydrogens (tertiary/aromatic N) is 3. The average Bonchev–Trinajstić information content (AvgIpc) is 3.13. The van der Waals surface area contributed by atoms with Gasteiger partial charge in [0.2, 0.25) is 11.9 Å². The summed E-state index contributed by atoms with van der Waals surface area (Å²) in [6, 6.07) is 6.20. The van der Waals surface area contributed by atoms with Crippen molar-refractivity contribution >= 4 is 11.9 Å². The number of nitrogens with one attached hydrogen (secondary N) is 1. The predicted molar refractivity (Wildman–Crippen MR) is 114 cm³/mol. The summed E-state index contributed by atoms with van der Waals surface area (Å²) < 4.78 is 0. The third kappa shape index (κ3) is 4.51. The summed E-state index contributed by atoms with van der Waals surface area (Å²) in [7, 11) is 0. The lowest BCUT2D eigenvalue weighted by molar-refractivity contribution is -0.122. The van der Waals surface area contributed by atoms with E-state index in [0.29, 0.717) is 12.5 Å². The zero-order chi connectivity index (χ0) is 20.3. The molecule has 2 aromatic rings. The number of hydrogen-bond donors (Lipinski definition) is 1. The topological polar surface area (TPSA) is 58.1 Å². The Bertz CT molecular complexity index is 803. The van der Waals surface area contributed by atoms with Gasteiger partial charge >= 0.3 is 0 Å². The lowest BCUT2D eigenvalue weighted by Gasteiger charge is -2.24. The molecule has 1 N–H and O–H groups in total. The normalized spacial score (nSPS) is 17.0. The van der Waals surface area contributed by atoms with Crippen LogP contribution in [0.4, 0.5) is 5.95 Å². The first-order valence-electron chi connectivity index (χ1n) is 10.2. The molecule has 3 rings (SSSR count). The van der Waals surface area contributed by atoms with Gasteiger partial charge in [-0.2, -0.15) is 0 Å². The van der Waals surface area contributed by atoms with Crippen LogP contribution in [0.25, 0.3) is 0 Å². The molecule has 0 saturated carbocycles. The zero-order valence-electron chi connectivity index (χ0n) is 17.7. The summed E-state index contributed by atoms with van der Waals surface area (Å²) in [5.74, 6) is 0.719. The van der Waals surface area contributed by atoms with Gasteiger partial charge in [0, 0.05) is 25.5 Å². The molecule has 5 heteroatoms. The van der Waals surface area contributed by atoms with Crippen LogP contribution in [0.3, 0.4) is 0 Å². The van der Waals surface area contributed by atoms with E-state index in [2.05, 4.69) is 62.0 Å². The minimum atomic E-state index is -0.173. The van der Waals surface area contributed by atoms with Gasteiger partial charge in [0.25, 0.3) is 0 Å². The molecule has 1 unspecified atom stereocenters. The fourth-order valence-corrected chi connectivity index (χ4v) is 3.97. The number of amides is 1. The number of carbonyl (C=O) groups excluding carboxylic acids is 1.